The third-order valence-electron chi connectivity index (χ3n) is 3.10. The maximum atomic E-state index is 12.2. The molecular weight excluding hydrogens is 274 g/mol. The van der Waals surface area contributed by atoms with Gasteiger partial charge in [-0.2, -0.15) is 0 Å². The minimum Gasteiger partial charge on any atom is -0.481 e. The molecule has 0 bridgehead atoms. The molecule has 0 spiro atoms. The molecular formula is C15H27NO5. The molecule has 0 aliphatic carbocycles. The highest BCUT2D eigenvalue weighted by molar-refractivity contribution is 5.74. The molecule has 21 heavy (non-hydrogen) atoms. The summed E-state index contributed by atoms with van der Waals surface area (Å²) in [5.41, 5.74) is -0.936. The highest BCUT2D eigenvalue weighted by atomic mass is 16.6. The molecule has 6 heteroatoms. The third kappa shape index (κ3) is 5.91. The number of nitrogens with zero attached hydrogens (tertiary/aromatic N) is 1. The van der Waals surface area contributed by atoms with E-state index in [0.717, 1.165) is 0 Å². The molecule has 0 aromatic rings. The van der Waals surface area contributed by atoms with Crippen LogP contribution in [-0.2, 0) is 14.3 Å². The van der Waals surface area contributed by atoms with E-state index in [0.29, 0.717) is 13.0 Å². The average Bonchev–Trinajstić information content (AvgIpc) is 2.67. The van der Waals surface area contributed by atoms with Gasteiger partial charge in [-0.3, -0.25) is 4.79 Å². The number of ether oxygens (including phenoxy) is 2. The second kappa shape index (κ2) is 6.22. The van der Waals surface area contributed by atoms with Crippen molar-refractivity contribution in [2.24, 2.45) is 5.92 Å². The first-order valence-corrected chi connectivity index (χ1v) is 7.25. The van der Waals surface area contributed by atoms with Crippen LogP contribution in [0.25, 0.3) is 0 Å². The number of hydrogen-bond donors (Lipinski definition) is 1. The van der Waals surface area contributed by atoms with Crippen molar-refractivity contribution < 1.29 is 24.2 Å². The number of carbonyl (C=O) groups excluding carboxylic acids is 1. The predicted molar refractivity (Wildman–Crippen MR) is 78.2 cm³/mol. The lowest BCUT2D eigenvalue weighted by molar-refractivity contribution is -0.141. The maximum absolute atomic E-state index is 12.2. The molecule has 1 rings (SSSR count). The van der Waals surface area contributed by atoms with Crippen molar-refractivity contribution >= 4 is 12.1 Å². The molecule has 0 saturated carbocycles. The molecule has 1 aliphatic heterocycles. The number of rotatable bonds is 3. The summed E-state index contributed by atoms with van der Waals surface area (Å²) in [5, 5.41) is 9.17. The van der Waals surface area contributed by atoms with E-state index in [1.807, 2.05) is 20.8 Å². The lowest BCUT2D eigenvalue weighted by Gasteiger charge is -2.30. The highest BCUT2D eigenvalue weighted by Crippen LogP contribution is 2.27. The molecule has 0 radical (unpaired) electrons. The summed E-state index contributed by atoms with van der Waals surface area (Å²) in [6.45, 7) is 11.6. The number of amides is 1. The van der Waals surface area contributed by atoms with E-state index in [2.05, 4.69) is 0 Å². The molecule has 1 saturated heterocycles. The van der Waals surface area contributed by atoms with E-state index in [4.69, 9.17) is 9.47 Å². The van der Waals surface area contributed by atoms with E-state index in [1.165, 1.54) is 4.90 Å². The van der Waals surface area contributed by atoms with Crippen LogP contribution in [0.4, 0.5) is 4.79 Å². The summed E-state index contributed by atoms with van der Waals surface area (Å²) in [6.07, 6.45) is -0.0845. The Morgan fingerprint density at radius 3 is 2.14 bits per heavy atom. The fourth-order valence-electron chi connectivity index (χ4n) is 2.14. The van der Waals surface area contributed by atoms with E-state index < -0.39 is 23.6 Å². The number of aliphatic carboxylic acids is 1. The number of carbonyl (C=O) groups is 2. The van der Waals surface area contributed by atoms with Crippen molar-refractivity contribution in [3.63, 3.8) is 0 Å². The van der Waals surface area contributed by atoms with Gasteiger partial charge in [-0.1, -0.05) is 0 Å². The topological polar surface area (TPSA) is 76.1 Å². The maximum Gasteiger partial charge on any atom is 0.410 e. The zero-order chi connectivity index (χ0) is 16.4. The van der Waals surface area contributed by atoms with Crippen LogP contribution in [0, 0.1) is 5.92 Å². The molecule has 2 unspecified atom stereocenters. The Hall–Kier alpha value is -1.30. The highest BCUT2D eigenvalue weighted by Gasteiger charge is 2.41. The van der Waals surface area contributed by atoms with Gasteiger partial charge in [0.25, 0.3) is 0 Å². The molecule has 1 amide bonds. The normalized spacial score (nSPS) is 23.2. The molecule has 1 fully saturated rings. The van der Waals surface area contributed by atoms with Gasteiger partial charge in [0.2, 0.25) is 0 Å². The Bertz CT molecular complexity index is 394. The molecule has 1 heterocycles. The fourth-order valence-corrected chi connectivity index (χ4v) is 2.14. The number of carboxylic acids is 1. The van der Waals surface area contributed by atoms with Gasteiger partial charge in [-0.15, -0.1) is 0 Å². The van der Waals surface area contributed by atoms with E-state index in [1.54, 1.807) is 20.8 Å². The van der Waals surface area contributed by atoms with Gasteiger partial charge in [0, 0.05) is 6.54 Å². The van der Waals surface area contributed by atoms with Gasteiger partial charge in [-0.05, 0) is 48.0 Å². The summed E-state index contributed by atoms with van der Waals surface area (Å²) in [5.74, 6) is -1.45. The van der Waals surface area contributed by atoms with Crippen molar-refractivity contribution in [1.29, 1.82) is 0 Å². The van der Waals surface area contributed by atoms with Crippen molar-refractivity contribution in [1.82, 2.24) is 4.90 Å². The minimum atomic E-state index is -0.887. The predicted octanol–water partition coefficient (Wildman–Crippen LogP) is 2.51. The standard InChI is InChI=1S/C15H27NO5/c1-14(2,3)20-9-11-7-10(12(17)18)8-16(11)13(19)21-15(4,5)6/h10-11H,7-9H2,1-6H3,(H,17,18). The van der Waals surface area contributed by atoms with Gasteiger partial charge in [0.15, 0.2) is 0 Å². The molecule has 1 aliphatic rings. The van der Waals surface area contributed by atoms with E-state index in [9.17, 15) is 14.7 Å². The Labute approximate surface area is 126 Å². The van der Waals surface area contributed by atoms with Crippen LogP contribution in [-0.4, -0.2) is 52.5 Å². The quantitative estimate of drug-likeness (QED) is 0.866. The molecule has 0 aromatic carbocycles. The Morgan fingerprint density at radius 1 is 1.14 bits per heavy atom. The minimum absolute atomic E-state index is 0.169. The zero-order valence-electron chi connectivity index (χ0n) is 13.8. The van der Waals surface area contributed by atoms with Crippen LogP contribution in [0.1, 0.15) is 48.0 Å². The third-order valence-corrected chi connectivity index (χ3v) is 3.10. The SMILES string of the molecule is CC(C)(C)OCC1CC(C(=O)O)CN1C(=O)OC(C)(C)C. The Morgan fingerprint density at radius 2 is 1.71 bits per heavy atom. The average molecular weight is 301 g/mol. The van der Waals surface area contributed by atoms with Crippen LogP contribution in [0.2, 0.25) is 0 Å². The Kier molecular flexibility index (Phi) is 5.25. The molecule has 0 aromatic heterocycles. The monoisotopic (exact) mass is 301 g/mol. The molecule has 1 N–H and O–H groups in total. The summed E-state index contributed by atoms with van der Waals surface area (Å²) in [6, 6.07) is -0.264. The second-order valence-electron chi connectivity index (χ2n) is 7.48. The van der Waals surface area contributed by atoms with Crippen LogP contribution in [0.5, 0.6) is 0 Å². The first kappa shape index (κ1) is 17.8. The van der Waals surface area contributed by atoms with Crippen molar-refractivity contribution in [2.75, 3.05) is 13.2 Å². The van der Waals surface area contributed by atoms with Crippen LogP contribution in [0.3, 0.4) is 0 Å². The second-order valence-corrected chi connectivity index (χ2v) is 7.48. The van der Waals surface area contributed by atoms with Crippen LogP contribution >= 0.6 is 0 Å². The van der Waals surface area contributed by atoms with Gasteiger partial charge in [0.1, 0.15) is 5.60 Å². The molecule has 2 atom stereocenters. The Balaban J connectivity index is 2.76. The van der Waals surface area contributed by atoms with E-state index in [-0.39, 0.29) is 18.2 Å². The zero-order valence-corrected chi connectivity index (χ0v) is 13.8. The largest absolute Gasteiger partial charge is 0.481 e. The lowest BCUT2D eigenvalue weighted by Crippen LogP contribution is -2.43. The molecule has 6 nitrogen and oxygen atoms in total. The van der Waals surface area contributed by atoms with Gasteiger partial charge in [-0.25, -0.2) is 4.79 Å². The van der Waals surface area contributed by atoms with Crippen molar-refractivity contribution in [3.05, 3.63) is 0 Å². The van der Waals surface area contributed by atoms with Crippen molar-refractivity contribution in [2.45, 2.75) is 65.2 Å². The smallest absolute Gasteiger partial charge is 0.410 e. The summed E-state index contributed by atoms with van der Waals surface area (Å²) in [4.78, 5) is 24.9. The first-order chi connectivity index (χ1) is 9.39. The summed E-state index contributed by atoms with van der Waals surface area (Å²) in [7, 11) is 0. The molecule has 122 valence electrons. The van der Waals surface area contributed by atoms with Gasteiger partial charge >= 0.3 is 12.1 Å². The van der Waals surface area contributed by atoms with Gasteiger partial charge in [0.05, 0.1) is 24.2 Å². The number of likely N-dealkylation sites (tertiary alicyclic amines) is 1. The first-order valence-electron chi connectivity index (χ1n) is 7.25. The summed E-state index contributed by atoms with van der Waals surface area (Å²) < 4.78 is 11.1. The van der Waals surface area contributed by atoms with Crippen LogP contribution < -0.4 is 0 Å². The van der Waals surface area contributed by atoms with Gasteiger partial charge < -0.3 is 19.5 Å². The fraction of sp³-hybridized carbons (Fsp3) is 0.867. The van der Waals surface area contributed by atoms with E-state index >= 15 is 0 Å². The number of hydrogen-bond acceptors (Lipinski definition) is 4. The number of carboxylic acid groups (broad SMARTS) is 1. The summed E-state index contributed by atoms with van der Waals surface area (Å²) >= 11 is 0. The lowest BCUT2D eigenvalue weighted by atomic mass is 10.1. The van der Waals surface area contributed by atoms with Crippen LogP contribution in [0.15, 0.2) is 0 Å². The van der Waals surface area contributed by atoms with Crippen molar-refractivity contribution in [3.8, 4) is 0 Å².